The summed E-state index contributed by atoms with van der Waals surface area (Å²) in [6, 6.07) is 0. The van der Waals surface area contributed by atoms with Gasteiger partial charge in [-0.1, -0.05) is 5.11 Å². The van der Waals surface area contributed by atoms with Crippen LogP contribution < -0.4 is 11.3 Å². The molecule has 4 heterocycles. The molecule has 23 nitrogen and oxygen atoms in total. The molecule has 10 atom stereocenters. The predicted octanol–water partition coefficient (Wildman–Crippen LogP) is -3.92. The lowest BCUT2D eigenvalue weighted by Crippen LogP contribution is -2.66. The molecule has 1 unspecified atom stereocenters. The molecule has 2 saturated heterocycles. The van der Waals surface area contributed by atoms with E-state index in [4.69, 9.17) is 35.3 Å². The van der Waals surface area contributed by atoms with Gasteiger partial charge in [0.05, 0.1) is 19.5 Å². The molecule has 0 radical (unpaired) electrons. The van der Waals surface area contributed by atoms with Crippen LogP contribution in [0.5, 0.6) is 0 Å². The summed E-state index contributed by atoms with van der Waals surface area (Å²) in [5.41, 5.74) is 13.3. The van der Waals surface area contributed by atoms with Gasteiger partial charge in [-0.15, -0.1) is 0 Å². The maximum absolute atomic E-state index is 12.9. The lowest BCUT2D eigenvalue weighted by Gasteiger charge is -2.48. The van der Waals surface area contributed by atoms with Crippen LogP contribution in [0.3, 0.4) is 0 Å². The second kappa shape index (κ2) is 11.3. The summed E-state index contributed by atoms with van der Waals surface area (Å²) in [5, 5.41) is 52.0. The molecular weight excluding hydrogens is 606 g/mol. The van der Waals surface area contributed by atoms with E-state index >= 15 is 0 Å². The fourth-order valence-corrected chi connectivity index (χ4v) is 6.98. The molecule has 0 amide bonds. The number of ether oxygens (including phenoxy) is 3. The Labute approximate surface area is 226 Å². The third-order valence-electron chi connectivity index (χ3n) is 6.28. The van der Waals surface area contributed by atoms with Crippen molar-refractivity contribution in [3.8, 4) is 0 Å². The summed E-state index contributed by atoms with van der Waals surface area (Å²) in [6.07, 6.45) is -14.6. The van der Waals surface area contributed by atoms with E-state index in [1.54, 1.807) is 0 Å². The minimum Gasteiger partial charge on any atom is -0.387 e. The minimum atomic E-state index is -5.88. The molecule has 0 saturated carbocycles. The summed E-state index contributed by atoms with van der Waals surface area (Å²) in [5.74, 6) is -0.283. The largest absolute Gasteiger partial charge is 0.476 e. The lowest BCUT2D eigenvalue weighted by atomic mass is 9.98. The van der Waals surface area contributed by atoms with Gasteiger partial charge >= 0.3 is 15.4 Å². The first-order chi connectivity index (χ1) is 19.0. The van der Waals surface area contributed by atoms with Gasteiger partial charge < -0.3 is 60.2 Å². The number of hydrogen-bond donors (Lipinski definition) is 10. The number of nitrogens with one attached hydrogen (secondary N) is 1. The van der Waals surface area contributed by atoms with Crippen molar-refractivity contribution < 1.29 is 67.9 Å². The summed E-state index contributed by atoms with van der Waals surface area (Å²) in [4.78, 5) is 52.9. The highest BCUT2D eigenvalue weighted by Crippen LogP contribution is 2.67. The average molecular weight is 630 g/mol. The average Bonchev–Trinajstić information content (AvgIpc) is 3.41. The molecule has 0 aromatic carbocycles. The van der Waals surface area contributed by atoms with Crippen molar-refractivity contribution in [2.75, 3.05) is 18.9 Å². The number of fused-ring (bicyclic) bond motifs is 1. The molecule has 11 N–H and O–H groups in total. The number of anilines is 1. The van der Waals surface area contributed by atoms with Gasteiger partial charge in [-0.3, -0.25) is 18.9 Å². The summed E-state index contributed by atoms with van der Waals surface area (Å²) >= 11 is 0. The van der Waals surface area contributed by atoms with Gasteiger partial charge in [0.1, 0.15) is 36.6 Å². The monoisotopic (exact) mass is 630 g/mol. The Hall–Kier alpha value is -2.56. The number of aromatic amines is 1. The molecule has 2 fully saturated rings. The Morgan fingerprint density at radius 2 is 1.85 bits per heavy atom. The first-order valence-electron chi connectivity index (χ1n) is 11.2. The number of azide groups is 1. The molecule has 2 aromatic rings. The standard InChI is InChI=1S/C16H24N8O15P2/c17-15-21-11-5(12(30)22-15)19-3-24(11)13-8(27)6(25)4(37-13)1-36-14-9(28)7(26)10(29)16(38-14,2-20-23-18)40(31,32)39-41(33,34)35/h3-4,6-10,13-14,25-29H,1-2H2,(H,31,32)(H2,33,34,35)(H3,17,21,22,30)/t4-,6-,7+,8-,9+,10+,13-,14+,16-/m1/s1. The molecule has 228 valence electrons. The van der Waals surface area contributed by atoms with Crippen LogP contribution in [0, 0.1) is 0 Å². The summed E-state index contributed by atoms with van der Waals surface area (Å²) in [6.45, 7) is -2.15. The zero-order valence-electron chi connectivity index (χ0n) is 20.2. The third-order valence-corrected chi connectivity index (χ3v) is 9.48. The van der Waals surface area contributed by atoms with Crippen LogP contribution in [-0.2, 0) is 27.7 Å². The van der Waals surface area contributed by atoms with E-state index in [0.29, 0.717) is 0 Å². The van der Waals surface area contributed by atoms with Gasteiger partial charge in [-0.05, 0) is 5.53 Å². The quantitative estimate of drug-likeness (QED) is 0.0547. The molecule has 41 heavy (non-hydrogen) atoms. The Balaban J connectivity index is 1.58. The van der Waals surface area contributed by atoms with Gasteiger partial charge in [-0.2, -0.15) is 4.98 Å². The van der Waals surface area contributed by atoms with Gasteiger partial charge in [0, 0.05) is 4.91 Å². The number of aliphatic hydroxyl groups excluding tert-OH is 5. The van der Waals surface area contributed by atoms with E-state index in [1.165, 1.54) is 0 Å². The fraction of sp³-hybridized carbons (Fsp3) is 0.688. The number of H-pyrrole nitrogens is 1. The van der Waals surface area contributed by atoms with E-state index in [-0.39, 0.29) is 17.1 Å². The first kappa shape index (κ1) is 31.4. The number of nitrogens with two attached hydrogens (primary N) is 1. The first-order valence-corrected chi connectivity index (χ1v) is 14.3. The van der Waals surface area contributed by atoms with Crippen molar-refractivity contribution in [1.82, 2.24) is 19.5 Å². The van der Waals surface area contributed by atoms with Gasteiger partial charge in [0.15, 0.2) is 23.7 Å². The summed E-state index contributed by atoms with van der Waals surface area (Å²) in [7, 11) is -11.6. The van der Waals surface area contributed by atoms with Crippen LogP contribution in [0.4, 0.5) is 5.95 Å². The number of nitrogen functional groups attached to an aromatic ring is 1. The number of nitrogens with zero attached hydrogens (tertiary/aromatic N) is 6. The SMILES string of the molecule is [N-]=[N+]=NC[C@]1(P(=O)(O)OP(=O)(O)O)O[C@H](OC[C@H]2O[C@@H](n3cnc4c(=O)[nH]c(N)nc43)[C@H](O)[C@@H]2O)[C@@H](O)[C@H](O)[C@@H]1O. The number of aliphatic hydroxyl groups is 5. The molecule has 25 heteroatoms. The van der Waals surface area contributed by atoms with Crippen molar-refractivity contribution in [2.45, 2.75) is 54.5 Å². The van der Waals surface area contributed by atoms with E-state index in [2.05, 4.69) is 29.3 Å². The number of hydrogen-bond acceptors (Lipinski definition) is 16. The highest BCUT2D eigenvalue weighted by atomic mass is 31.3. The normalized spacial score (nSPS) is 35.7. The van der Waals surface area contributed by atoms with Gasteiger partial charge in [0.2, 0.25) is 11.3 Å². The van der Waals surface area contributed by atoms with Gasteiger partial charge in [0.25, 0.3) is 5.56 Å². The maximum Gasteiger partial charge on any atom is 0.476 e. The molecule has 0 bridgehead atoms. The summed E-state index contributed by atoms with van der Waals surface area (Å²) < 4.78 is 45.3. The second-order valence-electron chi connectivity index (χ2n) is 8.89. The fourth-order valence-electron chi connectivity index (χ4n) is 4.30. The number of imidazole rings is 1. The van der Waals surface area contributed by atoms with Crippen LogP contribution in [0.25, 0.3) is 21.6 Å². The Morgan fingerprint density at radius 3 is 2.49 bits per heavy atom. The van der Waals surface area contributed by atoms with E-state index < -0.39 is 88.6 Å². The zero-order chi connectivity index (χ0) is 30.5. The van der Waals surface area contributed by atoms with E-state index in [9.17, 15) is 44.4 Å². The van der Waals surface area contributed by atoms with Crippen molar-refractivity contribution in [1.29, 1.82) is 0 Å². The van der Waals surface area contributed by atoms with E-state index in [0.717, 1.165) is 10.9 Å². The predicted molar refractivity (Wildman–Crippen MR) is 127 cm³/mol. The molecular formula is C16H24N8O15P2. The zero-order valence-corrected chi connectivity index (χ0v) is 22.0. The Kier molecular flexibility index (Phi) is 8.62. The smallest absolute Gasteiger partial charge is 0.387 e. The van der Waals surface area contributed by atoms with Crippen LogP contribution >= 0.6 is 15.4 Å². The number of rotatable bonds is 9. The highest BCUT2D eigenvalue weighted by molar-refractivity contribution is 7.64. The number of aromatic nitrogens is 4. The van der Waals surface area contributed by atoms with Crippen molar-refractivity contribution >= 4 is 32.5 Å². The van der Waals surface area contributed by atoms with Crippen LogP contribution in [0.15, 0.2) is 16.2 Å². The van der Waals surface area contributed by atoms with Crippen molar-refractivity contribution in [2.24, 2.45) is 5.11 Å². The maximum atomic E-state index is 12.9. The van der Waals surface area contributed by atoms with Crippen LogP contribution in [0.1, 0.15) is 6.23 Å². The molecule has 4 rings (SSSR count). The second-order valence-corrected chi connectivity index (χ2v) is 12.3. The molecule has 2 aliphatic rings. The van der Waals surface area contributed by atoms with Crippen LogP contribution in [0.2, 0.25) is 0 Å². The third kappa shape index (κ3) is 5.75. The van der Waals surface area contributed by atoms with Crippen molar-refractivity contribution in [3.05, 3.63) is 27.1 Å². The Morgan fingerprint density at radius 1 is 1.17 bits per heavy atom. The van der Waals surface area contributed by atoms with Gasteiger partial charge in [-0.25, -0.2) is 13.9 Å². The molecule has 2 aliphatic heterocycles. The molecule has 0 spiro atoms. The van der Waals surface area contributed by atoms with Crippen molar-refractivity contribution in [3.63, 3.8) is 0 Å². The Bertz CT molecular complexity index is 1490. The van der Waals surface area contributed by atoms with E-state index in [1.807, 2.05) is 0 Å². The van der Waals surface area contributed by atoms with Crippen LogP contribution in [-0.4, -0.2) is 121 Å². The number of phosphoric acid groups is 1. The highest BCUT2D eigenvalue weighted by Gasteiger charge is 2.65. The minimum absolute atomic E-state index is 0.112. The molecule has 2 aromatic heterocycles. The topological polar surface area (TPSA) is 371 Å². The molecule has 0 aliphatic carbocycles. The lowest BCUT2D eigenvalue weighted by molar-refractivity contribution is -0.315.